The van der Waals surface area contributed by atoms with E-state index in [4.69, 9.17) is 9.68 Å². The van der Waals surface area contributed by atoms with Gasteiger partial charge in [0, 0.05) is 11.3 Å². The number of carbonyl (C=O) groups excluding carboxylic acids is 1. The molecule has 0 saturated heterocycles. The van der Waals surface area contributed by atoms with Gasteiger partial charge in [0.05, 0.1) is 5.75 Å². The number of hydrogen-bond donors (Lipinski definition) is 1. The summed E-state index contributed by atoms with van der Waals surface area (Å²) < 4.78 is 5.92. The number of hydrogen-bond acceptors (Lipinski definition) is 5. The summed E-state index contributed by atoms with van der Waals surface area (Å²) in [6.07, 6.45) is 0. The van der Waals surface area contributed by atoms with Crippen LogP contribution in [0.2, 0.25) is 0 Å². The molecule has 0 aliphatic heterocycles. The maximum absolute atomic E-state index is 11.8. The van der Waals surface area contributed by atoms with E-state index in [1.165, 1.54) is 0 Å². The minimum Gasteiger partial charge on any atom is -0.436 e. The average molecular weight is 359 g/mol. The summed E-state index contributed by atoms with van der Waals surface area (Å²) in [5.74, 6) is 0.406. The van der Waals surface area contributed by atoms with E-state index in [9.17, 15) is 4.79 Å². The molecule has 0 aliphatic carbocycles. The summed E-state index contributed by atoms with van der Waals surface area (Å²) in [6.45, 7) is 0. The summed E-state index contributed by atoms with van der Waals surface area (Å²) in [7, 11) is 0. The van der Waals surface area contributed by atoms with Gasteiger partial charge in [0.2, 0.25) is 11.8 Å². The van der Waals surface area contributed by atoms with Crippen LogP contribution in [0.15, 0.2) is 65.1 Å². The number of benzene rings is 3. The first-order chi connectivity index (χ1) is 12.7. The van der Waals surface area contributed by atoms with Crippen molar-refractivity contribution in [1.82, 2.24) is 4.98 Å². The highest BCUT2D eigenvalue weighted by Crippen LogP contribution is 2.31. The van der Waals surface area contributed by atoms with Gasteiger partial charge < -0.3 is 9.73 Å². The van der Waals surface area contributed by atoms with Gasteiger partial charge in [-0.3, -0.25) is 4.79 Å². The molecule has 1 aromatic heterocycles. The van der Waals surface area contributed by atoms with Gasteiger partial charge in [0.1, 0.15) is 10.9 Å². The van der Waals surface area contributed by atoms with Gasteiger partial charge in [-0.25, -0.2) is 4.98 Å². The molecule has 5 nitrogen and oxygen atoms in total. The SMILES string of the molecule is N#CSCC(=O)Nc1ccc2oc(-c3cccc4ccccc34)nc2c1. The Balaban J connectivity index is 1.70. The largest absolute Gasteiger partial charge is 0.436 e. The van der Waals surface area contributed by atoms with E-state index in [1.54, 1.807) is 18.2 Å². The van der Waals surface area contributed by atoms with Crippen LogP contribution in [0.25, 0.3) is 33.3 Å². The Morgan fingerprint density at radius 1 is 1.15 bits per heavy atom. The first-order valence-corrected chi connectivity index (χ1v) is 8.92. The van der Waals surface area contributed by atoms with Crippen LogP contribution in [-0.2, 0) is 4.79 Å². The number of nitrogens with one attached hydrogen (secondary N) is 1. The monoisotopic (exact) mass is 359 g/mol. The van der Waals surface area contributed by atoms with Gasteiger partial charge >= 0.3 is 0 Å². The number of amides is 1. The molecule has 0 spiro atoms. The molecule has 0 fully saturated rings. The van der Waals surface area contributed by atoms with E-state index in [0.717, 1.165) is 28.1 Å². The summed E-state index contributed by atoms with van der Waals surface area (Å²) in [5.41, 5.74) is 2.87. The molecular weight excluding hydrogens is 346 g/mol. The van der Waals surface area contributed by atoms with Crippen molar-refractivity contribution in [3.05, 3.63) is 60.7 Å². The van der Waals surface area contributed by atoms with Gasteiger partial charge in [0.25, 0.3) is 0 Å². The number of nitrogens with zero attached hydrogens (tertiary/aromatic N) is 2. The number of thioether (sulfide) groups is 1. The number of rotatable bonds is 4. The second-order valence-electron chi connectivity index (χ2n) is 5.66. The van der Waals surface area contributed by atoms with Crippen LogP contribution in [-0.4, -0.2) is 16.6 Å². The zero-order valence-electron chi connectivity index (χ0n) is 13.6. The standard InChI is InChI=1S/C20H13N3O2S/c21-12-26-11-19(24)22-14-8-9-18-17(10-14)23-20(25-18)16-7-3-5-13-4-1-2-6-15(13)16/h1-10H,11H2,(H,22,24). The zero-order chi connectivity index (χ0) is 17.9. The number of fused-ring (bicyclic) bond motifs is 2. The summed E-state index contributed by atoms with van der Waals surface area (Å²) in [6, 6.07) is 19.4. The molecule has 0 atom stereocenters. The number of nitriles is 1. The number of aromatic nitrogens is 1. The lowest BCUT2D eigenvalue weighted by Gasteiger charge is -2.02. The van der Waals surface area contributed by atoms with Crippen LogP contribution in [0.1, 0.15) is 0 Å². The van der Waals surface area contributed by atoms with E-state index in [1.807, 2.05) is 47.9 Å². The lowest BCUT2D eigenvalue weighted by Crippen LogP contribution is -2.13. The van der Waals surface area contributed by atoms with Crippen molar-refractivity contribution >= 4 is 45.2 Å². The van der Waals surface area contributed by atoms with Crippen LogP contribution in [0.3, 0.4) is 0 Å². The van der Waals surface area contributed by atoms with E-state index in [2.05, 4.69) is 10.3 Å². The van der Waals surface area contributed by atoms with E-state index >= 15 is 0 Å². The molecule has 1 heterocycles. The highest BCUT2D eigenvalue weighted by molar-refractivity contribution is 8.04. The molecule has 126 valence electrons. The van der Waals surface area contributed by atoms with E-state index in [-0.39, 0.29) is 11.7 Å². The number of carbonyl (C=O) groups is 1. The van der Waals surface area contributed by atoms with Gasteiger partial charge in [-0.1, -0.05) is 36.4 Å². The predicted octanol–water partition coefficient (Wildman–Crippen LogP) is 4.80. The molecule has 0 radical (unpaired) electrons. The van der Waals surface area contributed by atoms with Crippen LogP contribution in [0.4, 0.5) is 5.69 Å². The van der Waals surface area contributed by atoms with Gasteiger partial charge in [-0.05, 0) is 46.8 Å². The molecule has 3 aromatic carbocycles. The third kappa shape index (κ3) is 3.13. The molecule has 26 heavy (non-hydrogen) atoms. The second-order valence-corrected chi connectivity index (χ2v) is 6.42. The molecular formula is C20H13N3O2S. The normalized spacial score (nSPS) is 10.7. The Morgan fingerprint density at radius 2 is 2.00 bits per heavy atom. The minimum absolute atomic E-state index is 0.0919. The van der Waals surface area contributed by atoms with E-state index < -0.39 is 0 Å². The van der Waals surface area contributed by atoms with E-state index in [0.29, 0.717) is 22.7 Å². The highest BCUT2D eigenvalue weighted by Gasteiger charge is 2.12. The third-order valence-electron chi connectivity index (χ3n) is 3.96. The fourth-order valence-electron chi connectivity index (χ4n) is 2.83. The Hall–Kier alpha value is -3.30. The van der Waals surface area contributed by atoms with Crippen LogP contribution in [0, 0.1) is 10.7 Å². The lowest BCUT2D eigenvalue weighted by molar-refractivity contribution is -0.113. The van der Waals surface area contributed by atoms with Crippen molar-refractivity contribution in [2.24, 2.45) is 0 Å². The van der Waals surface area contributed by atoms with Gasteiger partial charge in [-0.2, -0.15) is 5.26 Å². The third-order valence-corrected chi connectivity index (χ3v) is 4.49. The number of oxazole rings is 1. The fourth-order valence-corrected chi connectivity index (χ4v) is 3.09. The molecule has 0 saturated carbocycles. The molecule has 6 heteroatoms. The minimum atomic E-state index is -0.228. The van der Waals surface area contributed by atoms with Crippen molar-refractivity contribution < 1.29 is 9.21 Å². The van der Waals surface area contributed by atoms with Gasteiger partial charge in [0.15, 0.2) is 5.58 Å². The molecule has 4 aromatic rings. The van der Waals surface area contributed by atoms with Crippen molar-refractivity contribution in [2.45, 2.75) is 0 Å². The molecule has 0 unspecified atom stereocenters. The van der Waals surface area contributed by atoms with Crippen molar-refractivity contribution in [3.63, 3.8) is 0 Å². The Labute approximate surface area is 153 Å². The Kier molecular flexibility index (Phi) is 4.30. The van der Waals surface area contributed by atoms with Crippen LogP contribution in [0.5, 0.6) is 0 Å². The van der Waals surface area contributed by atoms with Crippen molar-refractivity contribution in [1.29, 1.82) is 5.26 Å². The number of thiocyanates is 1. The molecule has 0 bridgehead atoms. The van der Waals surface area contributed by atoms with Crippen molar-refractivity contribution in [2.75, 3.05) is 11.1 Å². The molecule has 4 rings (SSSR count). The predicted molar refractivity (Wildman–Crippen MR) is 104 cm³/mol. The smallest absolute Gasteiger partial charge is 0.235 e. The lowest BCUT2D eigenvalue weighted by atomic mass is 10.0. The summed E-state index contributed by atoms with van der Waals surface area (Å²) in [5, 5.41) is 15.3. The highest BCUT2D eigenvalue weighted by atomic mass is 32.2. The van der Waals surface area contributed by atoms with Crippen molar-refractivity contribution in [3.8, 4) is 16.9 Å². The topological polar surface area (TPSA) is 78.9 Å². The quantitative estimate of drug-likeness (QED) is 0.529. The first-order valence-electron chi connectivity index (χ1n) is 7.94. The number of anilines is 1. The first kappa shape index (κ1) is 16.2. The summed E-state index contributed by atoms with van der Waals surface area (Å²) in [4.78, 5) is 16.3. The molecule has 1 N–H and O–H groups in total. The molecule has 0 aliphatic rings. The Morgan fingerprint density at radius 3 is 2.88 bits per heavy atom. The second kappa shape index (κ2) is 6.90. The fraction of sp³-hybridized carbons (Fsp3) is 0.0500. The van der Waals surface area contributed by atoms with Gasteiger partial charge in [-0.15, -0.1) is 0 Å². The van der Waals surface area contributed by atoms with Crippen LogP contribution >= 0.6 is 11.8 Å². The van der Waals surface area contributed by atoms with Crippen LogP contribution < -0.4 is 5.32 Å². The Bertz CT molecular complexity index is 1160. The zero-order valence-corrected chi connectivity index (χ0v) is 14.4. The maximum Gasteiger partial charge on any atom is 0.235 e. The molecule has 1 amide bonds. The summed E-state index contributed by atoms with van der Waals surface area (Å²) >= 11 is 0.901. The average Bonchev–Trinajstić information content (AvgIpc) is 3.09. The maximum atomic E-state index is 11.8.